The number of carbonyl (C=O) groups excluding carboxylic acids is 2. The van der Waals surface area contributed by atoms with Crippen molar-refractivity contribution in [2.45, 2.75) is 6.92 Å². The van der Waals surface area contributed by atoms with Crippen molar-refractivity contribution in [3.8, 4) is 11.5 Å². The maximum absolute atomic E-state index is 12.4. The highest BCUT2D eigenvalue weighted by molar-refractivity contribution is 6.35. The van der Waals surface area contributed by atoms with Crippen molar-refractivity contribution < 1.29 is 19.1 Å². The molecule has 0 unspecified atom stereocenters. The Morgan fingerprint density at radius 2 is 1.70 bits per heavy atom. The monoisotopic (exact) mass is 410 g/mol. The second kappa shape index (κ2) is 10.3. The molecular formula is C22H26N4O4. The van der Waals surface area contributed by atoms with Crippen molar-refractivity contribution in [2.24, 2.45) is 5.10 Å². The quantitative estimate of drug-likeness (QED) is 0.447. The van der Waals surface area contributed by atoms with Crippen LogP contribution in [0.3, 0.4) is 0 Å². The van der Waals surface area contributed by atoms with Gasteiger partial charge >= 0.3 is 11.8 Å². The van der Waals surface area contributed by atoms with E-state index in [2.05, 4.69) is 15.4 Å². The molecule has 0 bridgehead atoms. The van der Waals surface area contributed by atoms with Crippen LogP contribution >= 0.6 is 0 Å². The lowest BCUT2D eigenvalue weighted by molar-refractivity contribution is -0.146. The molecule has 0 aliphatic carbocycles. The summed E-state index contributed by atoms with van der Waals surface area (Å²) < 4.78 is 10.9. The Morgan fingerprint density at radius 3 is 2.40 bits per heavy atom. The highest BCUT2D eigenvalue weighted by Gasteiger charge is 2.26. The minimum atomic E-state index is -0.758. The molecule has 1 N–H and O–H groups in total. The van der Waals surface area contributed by atoms with Crippen LogP contribution in [0, 0.1) is 0 Å². The first-order valence-corrected chi connectivity index (χ1v) is 9.86. The molecule has 2 aromatic carbocycles. The van der Waals surface area contributed by atoms with E-state index < -0.39 is 11.8 Å². The minimum absolute atomic E-state index is 0.446. The van der Waals surface area contributed by atoms with Crippen LogP contribution in [0.5, 0.6) is 11.5 Å². The summed E-state index contributed by atoms with van der Waals surface area (Å²) in [5.41, 5.74) is 4.01. The van der Waals surface area contributed by atoms with Crippen LogP contribution in [0.15, 0.2) is 53.6 Å². The molecule has 30 heavy (non-hydrogen) atoms. The summed E-state index contributed by atoms with van der Waals surface area (Å²) in [7, 11) is 1.64. The second-order valence-electron chi connectivity index (χ2n) is 6.62. The van der Waals surface area contributed by atoms with Crippen LogP contribution in [-0.2, 0) is 9.59 Å². The Morgan fingerprint density at radius 1 is 1.03 bits per heavy atom. The molecule has 0 spiro atoms. The van der Waals surface area contributed by atoms with Gasteiger partial charge in [-0.2, -0.15) is 5.10 Å². The number of carbonyl (C=O) groups is 2. The Balaban J connectivity index is 1.53. The predicted octanol–water partition coefficient (Wildman–Crippen LogP) is 1.89. The highest BCUT2D eigenvalue weighted by Crippen LogP contribution is 2.28. The standard InChI is InChI=1S/C22H26N4O4/c1-3-30-19-10-6-4-8-17(19)16-23-24-21(27)22(28)26-14-12-25(13-15-26)18-9-5-7-11-20(18)29-2/h4-11,16H,3,12-15H2,1-2H3,(H,24,27)/b23-16-. The first-order valence-electron chi connectivity index (χ1n) is 9.86. The van der Waals surface area contributed by atoms with E-state index in [0.717, 1.165) is 17.0 Å². The van der Waals surface area contributed by atoms with Gasteiger partial charge in [-0.1, -0.05) is 24.3 Å². The summed E-state index contributed by atoms with van der Waals surface area (Å²) in [6, 6.07) is 15.1. The van der Waals surface area contributed by atoms with Crippen molar-refractivity contribution in [2.75, 3.05) is 44.8 Å². The number of hydrogen-bond donors (Lipinski definition) is 1. The molecule has 1 saturated heterocycles. The molecule has 0 radical (unpaired) electrons. The third-order valence-corrected chi connectivity index (χ3v) is 4.78. The maximum atomic E-state index is 12.4. The Bertz CT molecular complexity index is 908. The van der Waals surface area contributed by atoms with Gasteiger partial charge in [-0.3, -0.25) is 9.59 Å². The maximum Gasteiger partial charge on any atom is 0.329 e. The predicted molar refractivity (Wildman–Crippen MR) is 115 cm³/mol. The number of piperazine rings is 1. The van der Waals surface area contributed by atoms with Gasteiger partial charge < -0.3 is 19.3 Å². The van der Waals surface area contributed by atoms with Crippen molar-refractivity contribution in [3.63, 3.8) is 0 Å². The zero-order chi connectivity index (χ0) is 21.3. The zero-order valence-corrected chi connectivity index (χ0v) is 17.2. The van der Waals surface area contributed by atoms with E-state index in [4.69, 9.17) is 9.47 Å². The number of methoxy groups -OCH3 is 1. The molecule has 8 nitrogen and oxygen atoms in total. The van der Waals surface area contributed by atoms with Gasteiger partial charge in [0.25, 0.3) is 0 Å². The number of ether oxygens (including phenoxy) is 2. The van der Waals surface area contributed by atoms with Crippen LogP contribution in [0.4, 0.5) is 5.69 Å². The van der Waals surface area contributed by atoms with Crippen LogP contribution < -0.4 is 19.8 Å². The minimum Gasteiger partial charge on any atom is -0.495 e. The fraction of sp³-hybridized carbons (Fsp3) is 0.318. The van der Waals surface area contributed by atoms with E-state index in [1.165, 1.54) is 11.1 Å². The van der Waals surface area contributed by atoms with Gasteiger partial charge in [-0.05, 0) is 31.2 Å². The van der Waals surface area contributed by atoms with E-state index in [0.29, 0.717) is 38.5 Å². The van der Waals surface area contributed by atoms with Gasteiger partial charge in [-0.15, -0.1) is 0 Å². The number of benzene rings is 2. The third-order valence-electron chi connectivity index (χ3n) is 4.78. The van der Waals surface area contributed by atoms with Gasteiger partial charge in [-0.25, -0.2) is 5.43 Å². The summed E-state index contributed by atoms with van der Waals surface area (Å²) in [5, 5.41) is 3.91. The van der Waals surface area contributed by atoms with Gasteiger partial charge in [0.15, 0.2) is 0 Å². The number of para-hydroxylation sites is 3. The number of hydrogen-bond acceptors (Lipinski definition) is 6. The summed E-state index contributed by atoms with van der Waals surface area (Å²) in [6.07, 6.45) is 1.47. The zero-order valence-electron chi connectivity index (χ0n) is 17.2. The van der Waals surface area contributed by atoms with Crippen molar-refractivity contribution in [3.05, 3.63) is 54.1 Å². The molecule has 1 aliphatic heterocycles. The Hall–Kier alpha value is -3.55. The molecule has 0 saturated carbocycles. The number of hydrazone groups is 1. The van der Waals surface area contributed by atoms with Gasteiger partial charge in [0, 0.05) is 31.7 Å². The lowest BCUT2D eigenvalue weighted by atomic mass is 10.2. The lowest BCUT2D eigenvalue weighted by Crippen LogP contribution is -2.52. The summed E-state index contributed by atoms with van der Waals surface area (Å²) >= 11 is 0. The average molecular weight is 410 g/mol. The van der Waals surface area contributed by atoms with E-state index in [1.807, 2.05) is 55.5 Å². The lowest BCUT2D eigenvalue weighted by Gasteiger charge is -2.36. The van der Waals surface area contributed by atoms with E-state index in [9.17, 15) is 9.59 Å². The van der Waals surface area contributed by atoms with Crippen LogP contribution in [0.1, 0.15) is 12.5 Å². The number of nitrogens with one attached hydrogen (secondary N) is 1. The molecule has 0 atom stereocenters. The average Bonchev–Trinajstić information content (AvgIpc) is 2.80. The topological polar surface area (TPSA) is 83.5 Å². The van der Waals surface area contributed by atoms with E-state index in [1.54, 1.807) is 7.11 Å². The first-order chi connectivity index (χ1) is 14.6. The largest absolute Gasteiger partial charge is 0.495 e. The SMILES string of the molecule is CCOc1ccccc1/C=N\NC(=O)C(=O)N1CCN(c2ccccc2OC)CC1. The van der Waals surface area contributed by atoms with Gasteiger partial charge in [0.1, 0.15) is 11.5 Å². The Kier molecular flexibility index (Phi) is 7.26. The van der Waals surface area contributed by atoms with Crippen LogP contribution in [0.2, 0.25) is 0 Å². The molecule has 2 aromatic rings. The molecule has 158 valence electrons. The fourth-order valence-electron chi connectivity index (χ4n) is 3.27. The molecule has 3 rings (SSSR count). The Labute approximate surface area is 176 Å². The van der Waals surface area contributed by atoms with Crippen LogP contribution in [-0.4, -0.2) is 62.8 Å². The molecule has 8 heteroatoms. The molecule has 1 fully saturated rings. The highest BCUT2D eigenvalue weighted by atomic mass is 16.5. The molecule has 0 aromatic heterocycles. The molecule has 1 aliphatic rings. The fourth-order valence-corrected chi connectivity index (χ4v) is 3.27. The smallest absolute Gasteiger partial charge is 0.329 e. The second-order valence-corrected chi connectivity index (χ2v) is 6.62. The van der Waals surface area contributed by atoms with Crippen molar-refractivity contribution in [1.82, 2.24) is 10.3 Å². The third kappa shape index (κ3) is 5.08. The summed E-state index contributed by atoms with van der Waals surface area (Å²) in [4.78, 5) is 28.3. The summed E-state index contributed by atoms with van der Waals surface area (Å²) in [5.74, 6) is 0.101. The number of amides is 2. The van der Waals surface area contributed by atoms with Gasteiger partial charge in [0.05, 0.1) is 25.6 Å². The van der Waals surface area contributed by atoms with E-state index in [-0.39, 0.29) is 0 Å². The number of nitrogens with zero attached hydrogens (tertiary/aromatic N) is 3. The van der Waals surface area contributed by atoms with E-state index >= 15 is 0 Å². The molecule has 2 amide bonds. The van der Waals surface area contributed by atoms with Crippen LogP contribution in [0.25, 0.3) is 0 Å². The normalized spacial score (nSPS) is 13.9. The summed E-state index contributed by atoms with van der Waals surface area (Å²) in [6.45, 7) is 4.54. The first kappa shape index (κ1) is 21.2. The van der Waals surface area contributed by atoms with Crippen molar-refractivity contribution >= 4 is 23.7 Å². The van der Waals surface area contributed by atoms with Gasteiger partial charge in [0.2, 0.25) is 0 Å². The molecule has 1 heterocycles. The van der Waals surface area contributed by atoms with Crippen molar-refractivity contribution in [1.29, 1.82) is 0 Å². The molecular weight excluding hydrogens is 384 g/mol. The number of anilines is 1. The number of rotatable bonds is 6.